The normalized spacial score (nSPS) is 18.7. The molecule has 2 atom stereocenters. The van der Waals surface area contributed by atoms with Crippen LogP contribution in [-0.2, 0) is 14.4 Å². The highest BCUT2D eigenvalue weighted by atomic mass is 16.4. The summed E-state index contributed by atoms with van der Waals surface area (Å²) in [7, 11) is 0. The van der Waals surface area contributed by atoms with Crippen LogP contribution >= 0.6 is 0 Å². The molecule has 0 bridgehead atoms. The molecule has 6 nitrogen and oxygen atoms in total. The van der Waals surface area contributed by atoms with Crippen molar-refractivity contribution in [1.29, 1.82) is 0 Å². The van der Waals surface area contributed by atoms with E-state index in [1.807, 2.05) is 12.2 Å². The smallest absolute Gasteiger partial charge is 0.326 e. The molecule has 0 aromatic rings. The highest BCUT2D eigenvalue weighted by Gasteiger charge is 2.30. The molecule has 0 saturated carbocycles. The van der Waals surface area contributed by atoms with Gasteiger partial charge >= 0.3 is 5.97 Å². The molecular weight excluding hydrogens is 248 g/mol. The van der Waals surface area contributed by atoms with Crippen LogP contribution < -0.4 is 5.32 Å². The molecule has 104 valence electrons. The molecular formula is C13H18N2O4. The van der Waals surface area contributed by atoms with E-state index in [4.69, 9.17) is 5.11 Å². The molecule has 6 heteroatoms. The predicted octanol–water partition coefficient (Wildman–Crippen LogP) is 0.309. The summed E-state index contributed by atoms with van der Waals surface area (Å²) in [5.74, 6) is -1.80. The van der Waals surface area contributed by atoms with Crippen molar-refractivity contribution < 1.29 is 19.5 Å². The van der Waals surface area contributed by atoms with Gasteiger partial charge < -0.3 is 15.3 Å². The summed E-state index contributed by atoms with van der Waals surface area (Å²) < 4.78 is 0. The van der Waals surface area contributed by atoms with Gasteiger partial charge in [-0.15, -0.1) is 0 Å². The quantitative estimate of drug-likeness (QED) is 0.749. The van der Waals surface area contributed by atoms with Crippen LogP contribution in [0.4, 0.5) is 0 Å². The Labute approximate surface area is 111 Å². The second-order valence-corrected chi connectivity index (χ2v) is 4.34. The molecule has 1 aliphatic carbocycles. The Hall–Kier alpha value is -2.11. The van der Waals surface area contributed by atoms with Crippen LogP contribution in [-0.4, -0.2) is 46.4 Å². The Morgan fingerprint density at radius 1 is 1.42 bits per heavy atom. The Balaban J connectivity index is 2.82. The zero-order chi connectivity index (χ0) is 14.4. The molecule has 0 fully saturated rings. The van der Waals surface area contributed by atoms with Gasteiger partial charge in [-0.05, 0) is 13.3 Å². The number of allylic oxidation sites excluding steroid dienone is 2. The van der Waals surface area contributed by atoms with E-state index < -0.39 is 17.9 Å². The van der Waals surface area contributed by atoms with Crippen LogP contribution in [0.1, 0.15) is 20.3 Å². The molecule has 0 aromatic heterocycles. The summed E-state index contributed by atoms with van der Waals surface area (Å²) in [6, 6.07) is -1.24. The molecule has 1 rings (SSSR count). The molecule has 2 N–H and O–H groups in total. The van der Waals surface area contributed by atoms with Crippen molar-refractivity contribution in [1.82, 2.24) is 10.2 Å². The highest BCUT2D eigenvalue weighted by molar-refractivity contribution is 5.87. The number of nitrogens with zero attached hydrogens (tertiary/aromatic N) is 1. The lowest BCUT2D eigenvalue weighted by atomic mass is 10.0. The van der Waals surface area contributed by atoms with Crippen LogP contribution in [0.25, 0.3) is 0 Å². The minimum atomic E-state index is -1.07. The Bertz CT molecular complexity index is 428. The molecule has 0 aliphatic heterocycles. The minimum absolute atomic E-state index is 0.193. The van der Waals surface area contributed by atoms with Crippen molar-refractivity contribution in [2.24, 2.45) is 0 Å². The van der Waals surface area contributed by atoms with Crippen molar-refractivity contribution in [3.05, 3.63) is 24.3 Å². The molecule has 19 heavy (non-hydrogen) atoms. The standard InChI is InChI=1S/C13H18N2O4/c1-9(13(18)19)15(11-6-4-3-5-7-11)12(17)8-14-10(2)16/h3-6,9,11H,7-8H2,1-2H3,(H,14,16)(H,18,19)/t9-,11?/m0/s1. The third kappa shape index (κ3) is 4.24. The topological polar surface area (TPSA) is 86.7 Å². The number of carbonyl (C=O) groups excluding carboxylic acids is 2. The van der Waals surface area contributed by atoms with Crippen LogP contribution in [0.2, 0.25) is 0 Å². The third-order valence-corrected chi connectivity index (χ3v) is 2.87. The molecule has 0 spiro atoms. The molecule has 0 radical (unpaired) electrons. The van der Waals surface area contributed by atoms with E-state index in [-0.39, 0.29) is 18.5 Å². The molecule has 0 heterocycles. The lowest BCUT2D eigenvalue weighted by Crippen LogP contribution is -2.52. The number of hydrogen-bond donors (Lipinski definition) is 2. The first-order valence-corrected chi connectivity index (χ1v) is 6.05. The summed E-state index contributed by atoms with van der Waals surface area (Å²) in [5.41, 5.74) is 0. The van der Waals surface area contributed by atoms with Gasteiger partial charge in [-0.1, -0.05) is 24.3 Å². The van der Waals surface area contributed by atoms with Crippen LogP contribution in [0, 0.1) is 0 Å². The summed E-state index contributed by atoms with van der Waals surface area (Å²) in [6.07, 6.45) is 7.85. The van der Waals surface area contributed by atoms with E-state index in [1.165, 1.54) is 18.7 Å². The number of carboxylic acids is 1. The van der Waals surface area contributed by atoms with Crippen molar-refractivity contribution in [2.75, 3.05) is 6.54 Å². The minimum Gasteiger partial charge on any atom is -0.480 e. The second kappa shape index (κ2) is 6.72. The number of carboxylic acid groups (broad SMARTS) is 1. The summed E-state index contributed by atoms with van der Waals surface area (Å²) >= 11 is 0. The fraction of sp³-hybridized carbons (Fsp3) is 0.462. The highest BCUT2D eigenvalue weighted by Crippen LogP contribution is 2.15. The first kappa shape index (κ1) is 14.9. The number of hydrogen-bond acceptors (Lipinski definition) is 3. The number of nitrogens with one attached hydrogen (secondary N) is 1. The van der Waals surface area contributed by atoms with Gasteiger partial charge in [0.1, 0.15) is 6.04 Å². The largest absolute Gasteiger partial charge is 0.480 e. The van der Waals surface area contributed by atoms with Crippen molar-refractivity contribution in [3.8, 4) is 0 Å². The van der Waals surface area contributed by atoms with Gasteiger partial charge in [0.25, 0.3) is 0 Å². The third-order valence-electron chi connectivity index (χ3n) is 2.87. The van der Waals surface area contributed by atoms with Gasteiger partial charge in [0, 0.05) is 6.92 Å². The van der Waals surface area contributed by atoms with E-state index in [0.29, 0.717) is 6.42 Å². The van der Waals surface area contributed by atoms with Crippen molar-refractivity contribution >= 4 is 17.8 Å². The van der Waals surface area contributed by atoms with Crippen LogP contribution in [0.5, 0.6) is 0 Å². The second-order valence-electron chi connectivity index (χ2n) is 4.34. The van der Waals surface area contributed by atoms with E-state index in [2.05, 4.69) is 5.32 Å². The SMILES string of the molecule is CC(=O)NCC(=O)N(C1C=CC=CC1)[C@@H](C)C(=O)O. The number of aliphatic carboxylic acids is 1. The Morgan fingerprint density at radius 3 is 2.58 bits per heavy atom. The molecule has 1 unspecified atom stereocenters. The summed E-state index contributed by atoms with van der Waals surface area (Å²) in [4.78, 5) is 35.3. The van der Waals surface area contributed by atoms with Gasteiger partial charge in [0.15, 0.2) is 0 Å². The van der Waals surface area contributed by atoms with Gasteiger partial charge in [-0.25, -0.2) is 4.79 Å². The van der Waals surface area contributed by atoms with E-state index in [1.54, 1.807) is 12.2 Å². The van der Waals surface area contributed by atoms with E-state index in [0.717, 1.165) is 0 Å². The first-order valence-electron chi connectivity index (χ1n) is 6.05. The number of amides is 2. The molecule has 1 aliphatic rings. The lowest BCUT2D eigenvalue weighted by molar-refractivity contribution is -0.150. The first-order chi connectivity index (χ1) is 8.93. The monoisotopic (exact) mass is 266 g/mol. The van der Waals surface area contributed by atoms with Gasteiger partial charge in [-0.3, -0.25) is 9.59 Å². The maximum absolute atomic E-state index is 12.1. The van der Waals surface area contributed by atoms with Gasteiger partial charge in [-0.2, -0.15) is 0 Å². The summed E-state index contributed by atoms with van der Waals surface area (Å²) in [5, 5.41) is 11.5. The average Bonchev–Trinajstić information content (AvgIpc) is 2.37. The number of carbonyl (C=O) groups is 3. The molecule has 0 aromatic carbocycles. The maximum Gasteiger partial charge on any atom is 0.326 e. The van der Waals surface area contributed by atoms with Crippen molar-refractivity contribution in [3.63, 3.8) is 0 Å². The van der Waals surface area contributed by atoms with Crippen LogP contribution in [0.3, 0.4) is 0 Å². The average molecular weight is 266 g/mol. The Morgan fingerprint density at radius 2 is 2.11 bits per heavy atom. The molecule has 0 saturated heterocycles. The van der Waals surface area contributed by atoms with E-state index >= 15 is 0 Å². The van der Waals surface area contributed by atoms with Gasteiger partial charge in [0.2, 0.25) is 11.8 Å². The zero-order valence-electron chi connectivity index (χ0n) is 11.0. The fourth-order valence-corrected chi connectivity index (χ4v) is 1.87. The van der Waals surface area contributed by atoms with E-state index in [9.17, 15) is 14.4 Å². The summed E-state index contributed by atoms with van der Waals surface area (Å²) in [6.45, 7) is 2.57. The van der Waals surface area contributed by atoms with Crippen LogP contribution in [0.15, 0.2) is 24.3 Å². The molecule has 2 amide bonds. The number of rotatable bonds is 5. The zero-order valence-corrected chi connectivity index (χ0v) is 11.0. The van der Waals surface area contributed by atoms with Gasteiger partial charge in [0.05, 0.1) is 12.6 Å². The maximum atomic E-state index is 12.1. The fourth-order valence-electron chi connectivity index (χ4n) is 1.87. The van der Waals surface area contributed by atoms with Crippen molar-refractivity contribution in [2.45, 2.75) is 32.4 Å². The Kier molecular flexibility index (Phi) is 5.29. The lowest BCUT2D eigenvalue weighted by Gasteiger charge is -2.33. The predicted molar refractivity (Wildman–Crippen MR) is 69.3 cm³/mol.